The van der Waals surface area contributed by atoms with Gasteiger partial charge in [0.2, 0.25) is 0 Å². The summed E-state index contributed by atoms with van der Waals surface area (Å²) in [7, 11) is 0. The highest BCUT2D eigenvalue weighted by Gasteiger charge is 1.92. The highest BCUT2D eigenvalue weighted by molar-refractivity contribution is 5.22. The summed E-state index contributed by atoms with van der Waals surface area (Å²) in [4.78, 5) is 0. The summed E-state index contributed by atoms with van der Waals surface area (Å²) in [5, 5.41) is 3.36. The van der Waals surface area contributed by atoms with E-state index >= 15 is 0 Å². The maximum atomic E-state index is 5.41. The number of hydrogen-bond donors (Lipinski definition) is 2. The van der Waals surface area contributed by atoms with Gasteiger partial charge in [0.1, 0.15) is 0 Å². The summed E-state index contributed by atoms with van der Waals surface area (Å²) in [6, 6.07) is 8.77. The van der Waals surface area contributed by atoms with Gasteiger partial charge >= 0.3 is 0 Å². The Hall–Kier alpha value is -0.860. The molecule has 0 unspecified atom stereocenters. The van der Waals surface area contributed by atoms with Crippen LogP contribution in [0.15, 0.2) is 24.3 Å². The lowest BCUT2D eigenvalue weighted by Gasteiger charge is -2.04. The summed E-state index contributed by atoms with van der Waals surface area (Å²) in [5.41, 5.74) is 8.15. The normalized spacial score (nSPS) is 9.50. The molecule has 92 valence electrons. The summed E-state index contributed by atoms with van der Waals surface area (Å²) in [5.74, 6) is 0. The van der Waals surface area contributed by atoms with Crippen LogP contribution in [0.4, 0.5) is 0 Å². The number of aryl methyl sites for hydroxylation is 1. The Kier molecular flexibility index (Phi) is 10.1. The van der Waals surface area contributed by atoms with Crippen molar-refractivity contribution in [1.82, 2.24) is 5.32 Å². The summed E-state index contributed by atoms with van der Waals surface area (Å²) in [6.45, 7) is 8.90. The van der Waals surface area contributed by atoms with Crippen LogP contribution in [0, 0.1) is 0 Å². The van der Waals surface area contributed by atoms with Gasteiger partial charge in [0.05, 0.1) is 0 Å². The SMILES string of the molecule is CC.CCc1ccc(CNCCCN)cc1. The van der Waals surface area contributed by atoms with E-state index in [0.29, 0.717) is 0 Å². The predicted octanol–water partition coefficient (Wildman–Crippen LogP) is 2.71. The van der Waals surface area contributed by atoms with Crippen LogP contribution in [-0.2, 0) is 13.0 Å². The minimum atomic E-state index is 0.766. The molecule has 0 aliphatic carbocycles. The molecule has 0 aromatic heterocycles. The van der Waals surface area contributed by atoms with Crippen LogP contribution in [-0.4, -0.2) is 13.1 Å². The minimum absolute atomic E-state index is 0.766. The van der Waals surface area contributed by atoms with Gasteiger partial charge in [-0.2, -0.15) is 0 Å². The molecule has 0 aliphatic heterocycles. The summed E-state index contributed by atoms with van der Waals surface area (Å²) in [6.07, 6.45) is 2.16. The van der Waals surface area contributed by atoms with Crippen molar-refractivity contribution in [2.45, 2.75) is 40.2 Å². The molecular formula is C14H26N2. The second-order valence-corrected chi connectivity index (χ2v) is 3.49. The van der Waals surface area contributed by atoms with E-state index < -0.39 is 0 Å². The Balaban J connectivity index is 0.00000106. The predicted molar refractivity (Wildman–Crippen MR) is 72.5 cm³/mol. The highest BCUT2D eigenvalue weighted by Crippen LogP contribution is 2.04. The van der Waals surface area contributed by atoms with Gasteiger partial charge < -0.3 is 11.1 Å². The van der Waals surface area contributed by atoms with Gasteiger partial charge in [-0.25, -0.2) is 0 Å². The summed E-state index contributed by atoms with van der Waals surface area (Å²) < 4.78 is 0. The van der Waals surface area contributed by atoms with Crippen molar-refractivity contribution >= 4 is 0 Å². The molecule has 1 aromatic rings. The van der Waals surface area contributed by atoms with E-state index in [1.165, 1.54) is 11.1 Å². The Labute approximate surface area is 100 Å². The first-order valence-electron chi connectivity index (χ1n) is 6.35. The molecule has 0 bridgehead atoms. The molecule has 0 heterocycles. The molecule has 0 saturated heterocycles. The van der Waals surface area contributed by atoms with Gasteiger partial charge in [-0.15, -0.1) is 0 Å². The highest BCUT2D eigenvalue weighted by atomic mass is 14.8. The lowest BCUT2D eigenvalue weighted by Crippen LogP contribution is -2.17. The van der Waals surface area contributed by atoms with Crippen molar-refractivity contribution in [3.05, 3.63) is 35.4 Å². The Morgan fingerprint density at radius 2 is 1.62 bits per heavy atom. The number of nitrogens with two attached hydrogens (primary N) is 1. The monoisotopic (exact) mass is 222 g/mol. The number of hydrogen-bond acceptors (Lipinski definition) is 2. The molecule has 16 heavy (non-hydrogen) atoms. The third-order valence-electron chi connectivity index (χ3n) is 2.32. The van der Waals surface area contributed by atoms with Crippen LogP contribution in [0.2, 0.25) is 0 Å². The standard InChI is InChI=1S/C12H20N2.C2H6/c1-2-11-4-6-12(7-5-11)10-14-9-3-8-13;1-2/h4-7,14H,2-3,8-10,13H2,1H3;1-2H3. The van der Waals surface area contributed by atoms with Crippen LogP contribution in [0.1, 0.15) is 38.3 Å². The van der Waals surface area contributed by atoms with Gasteiger partial charge in [0, 0.05) is 6.54 Å². The molecule has 1 aromatic carbocycles. The first-order chi connectivity index (χ1) is 7.86. The van der Waals surface area contributed by atoms with Gasteiger partial charge in [0.15, 0.2) is 0 Å². The molecule has 0 aliphatic rings. The van der Waals surface area contributed by atoms with Crippen LogP contribution in [0.5, 0.6) is 0 Å². The molecule has 2 nitrogen and oxygen atoms in total. The first-order valence-corrected chi connectivity index (χ1v) is 6.35. The third kappa shape index (κ3) is 6.59. The topological polar surface area (TPSA) is 38.0 Å². The average Bonchev–Trinajstić information content (AvgIpc) is 2.38. The van der Waals surface area contributed by atoms with Crippen LogP contribution in [0.3, 0.4) is 0 Å². The molecule has 0 fully saturated rings. The molecular weight excluding hydrogens is 196 g/mol. The Morgan fingerprint density at radius 3 is 2.12 bits per heavy atom. The average molecular weight is 222 g/mol. The van der Waals surface area contributed by atoms with Crippen molar-refractivity contribution in [2.75, 3.05) is 13.1 Å². The third-order valence-corrected chi connectivity index (χ3v) is 2.32. The zero-order chi connectivity index (χ0) is 12.2. The molecule has 0 amide bonds. The molecule has 2 heteroatoms. The molecule has 3 N–H and O–H groups in total. The minimum Gasteiger partial charge on any atom is -0.330 e. The summed E-state index contributed by atoms with van der Waals surface area (Å²) >= 11 is 0. The second kappa shape index (κ2) is 10.7. The molecule has 0 radical (unpaired) electrons. The van der Waals surface area contributed by atoms with Gasteiger partial charge in [-0.1, -0.05) is 45.0 Å². The van der Waals surface area contributed by atoms with E-state index in [2.05, 4.69) is 36.5 Å². The molecule has 0 spiro atoms. The number of rotatable bonds is 6. The quantitative estimate of drug-likeness (QED) is 0.726. The smallest absolute Gasteiger partial charge is 0.0205 e. The second-order valence-electron chi connectivity index (χ2n) is 3.49. The van der Waals surface area contributed by atoms with Gasteiger partial charge in [-0.3, -0.25) is 0 Å². The van der Waals surface area contributed by atoms with Crippen molar-refractivity contribution in [1.29, 1.82) is 0 Å². The van der Waals surface area contributed by atoms with Crippen molar-refractivity contribution in [2.24, 2.45) is 5.73 Å². The van der Waals surface area contributed by atoms with Crippen molar-refractivity contribution < 1.29 is 0 Å². The first kappa shape index (κ1) is 15.1. The fourth-order valence-corrected chi connectivity index (χ4v) is 1.35. The van der Waals surface area contributed by atoms with E-state index in [-0.39, 0.29) is 0 Å². The number of nitrogens with one attached hydrogen (secondary N) is 1. The molecule has 0 atom stereocenters. The van der Waals surface area contributed by atoms with E-state index in [0.717, 1.165) is 32.5 Å². The van der Waals surface area contributed by atoms with E-state index in [9.17, 15) is 0 Å². The Bertz CT molecular complexity index is 241. The van der Waals surface area contributed by atoms with Crippen molar-refractivity contribution in [3.63, 3.8) is 0 Å². The lowest BCUT2D eigenvalue weighted by molar-refractivity contribution is 0.655. The fourth-order valence-electron chi connectivity index (χ4n) is 1.35. The zero-order valence-corrected chi connectivity index (χ0v) is 10.9. The van der Waals surface area contributed by atoms with E-state index in [1.807, 2.05) is 13.8 Å². The maximum Gasteiger partial charge on any atom is 0.0205 e. The lowest BCUT2D eigenvalue weighted by atomic mass is 10.1. The van der Waals surface area contributed by atoms with Crippen molar-refractivity contribution in [3.8, 4) is 0 Å². The van der Waals surface area contributed by atoms with Crippen LogP contribution in [0.25, 0.3) is 0 Å². The van der Waals surface area contributed by atoms with Gasteiger partial charge in [0.25, 0.3) is 0 Å². The molecule has 1 rings (SSSR count). The van der Waals surface area contributed by atoms with Crippen LogP contribution >= 0.6 is 0 Å². The van der Waals surface area contributed by atoms with E-state index in [4.69, 9.17) is 5.73 Å². The van der Waals surface area contributed by atoms with E-state index in [1.54, 1.807) is 0 Å². The van der Waals surface area contributed by atoms with Crippen LogP contribution < -0.4 is 11.1 Å². The number of benzene rings is 1. The fraction of sp³-hybridized carbons (Fsp3) is 0.571. The largest absolute Gasteiger partial charge is 0.330 e. The zero-order valence-electron chi connectivity index (χ0n) is 10.9. The van der Waals surface area contributed by atoms with Gasteiger partial charge in [-0.05, 0) is 37.1 Å². The molecule has 0 saturated carbocycles. The maximum absolute atomic E-state index is 5.41. The Morgan fingerprint density at radius 1 is 1.06 bits per heavy atom.